The SMILES string of the molecule is CCCCCCCCCC1SCCC1OC1CCSC1CCCCCCCCC. The summed E-state index contributed by atoms with van der Waals surface area (Å²) in [5.74, 6) is 2.66. The summed E-state index contributed by atoms with van der Waals surface area (Å²) in [5.41, 5.74) is 0. The van der Waals surface area contributed by atoms with Gasteiger partial charge in [0.05, 0.1) is 12.2 Å². The largest absolute Gasteiger partial charge is 0.373 e. The van der Waals surface area contributed by atoms with E-state index in [4.69, 9.17) is 4.74 Å². The maximum absolute atomic E-state index is 6.78. The summed E-state index contributed by atoms with van der Waals surface area (Å²) in [6.45, 7) is 4.61. The summed E-state index contributed by atoms with van der Waals surface area (Å²) in [5, 5.41) is 1.57. The average molecular weight is 443 g/mol. The smallest absolute Gasteiger partial charge is 0.0705 e. The molecule has 2 saturated heterocycles. The Kier molecular flexibility index (Phi) is 15.4. The van der Waals surface area contributed by atoms with Gasteiger partial charge in [-0.1, -0.05) is 104 Å². The van der Waals surface area contributed by atoms with E-state index in [-0.39, 0.29) is 0 Å². The van der Waals surface area contributed by atoms with Crippen LogP contribution in [0.5, 0.6) is 0 Å². The van der Waals surface area contributed by atoms with Crippen molar-refractivity contribution in [3.05, 3.63) is 0 Å². The van der Waals surface area contributed by atoms with Gasteiger partial charge < -0.3 is 4.74 Å². The first-order valence-electron chi connectivity index (χ1n) is 13.2. The fourth-order valence-electron chi connectivity index (χ4n) is 4.94. The summed E-state index contributed by atoms with van der Waals surface area (Å²) in [6.07, 6.45) is 26.5. The highest BCUT2D eigenvalue weighted by Crippen LogP contribution is 2.39. The molecule has 172 valence electrons. The zero-order valence-electron chi connectivity index (χ0n) is 19.7. The van der Waals surface area contributed by atoms with Crippen molar-refractivity contribution in [2.45, 2.75) is 152 Å². The number of unbranched alkanes of at least 4 members (excludes halogenated alkanes) is 12. The van der Waals surface area contributed by atoms with Gasteiger partial charge in [-0.2, -0.15) is 23.5 Å². The Morgan fingerprint density at radius 3 is 1.34 bits per heavy atom. The molecule has 0 aromatic heterocycles. The molecule has 29 heavy (non-hydrogen) atoms. The van der Waals surface area contributed by atoms with Crippen molar-refractivity contribution in [3.63, 3.8) is 0 Å². The molecule has 1 nitrogen and oxygen atoms in total. The quantitative estimate of drug-likeness (QED) is 0.196. The van der Waals surface area contributed by atoms with E-state index in [0.29, 0.717) is 12.2 Å². The molecule has 0 spiro atoms. The molecule has 0 bridgehead atoms. The lowest BCUT2D eigenvalue weighted by molar-refractivity contribution is -0.0112. The molecule has 2 rings (SSSR count). The molecule has 0 aliphatic carbocycles. The Bertz CT molecular complexity index is 342. The number of thioether (sulfide) groups is 2. The summed E-state index contributed by atoms with van der Waals surface area (Å²) in [7, 11) is 0. The van der Waals surface area contributed by atoms with Gasteiger partial charge in [-0.05, 0) is 37.2 Å². The molecule has 2 aliphatic heterocycles. The first-order valence-corrected chi connectivity index (χ1v) is 15.3. The third-order valence-corrected chi connectivity index (χ3v) is 9.71. The van der Waals surface area contributed by atoms with Gasteiger partial charge in [-0.15, -0.1) is 0 Å². The maximum atomic E-state index is 6.78. The molecule has 0 saturated carbocycles. The fourth-order valence-corrected chi connectivity index (χ4v) is 7.78. The average Bonchev–Trinajstić information content (AvgIpc) is 3.36. The van der Waals surface area contributed by atoms with Gasteiger partial charge in [-0.25, -0.2) is 0 Å². The van der Waals surface area contributed by atoms with E-state index in [0.717, 1.165) is 10.5 Å². The molecule has 0 amide bonds. The Morgan fingerprint density at radius 1 is 0.552 bits per heavy atom. The molecule has 4 unspecified atom stereocenters. The lowest BCUT2D eigenvalue weighted by Crippen LogP contribution is -2.31. The Labute approximate surface area is 191 Å². The van der Waals surface area contributed by atoms with Crippen molar-refractivity contribution in [3.8, 4) is 0 Å². The molecule has 0 N–H and O–H groups in total. The second-order valence-corrected chi connectivity index (χ2v) is 12.1. The summed E-state index contributed by atoms with van der Waals surface area (Å²) >= 11 is 4.41. The lowest BCUT2D eigenvalue weighted by Gasteiger charge is -2.27. The summed E-state index contributed by atoms with van der Waals surface area (Å²) < 4.78 is 6.78. The van der Waals surface area contributed by atoms with Crippen LogP contribution in [-0.4, -0.2) is 34.2 Å². The van der Waals surface area contributed by atoms with E-state index in [9.17, 15) is 0 Å². The predicted molar refractivity (Wildman–Crippen MR) is 136 cm³/mol. The summed E-state index contributed by atoms with van der Waals surface area (Å²) in [4.78, 5) is 0. The second kappa shape index (κ2) is 17.2. The van der Waals surface area contributed by atoms with E-state index in [1.807, 2.05) is 0 Å². The molecule has 2 heterocycles. The van der Waals surface area contributed by atoms with Gasteiger partial charge in [0.1, 0.15) is 0 Å². The number of ether oxygens (including phenoxy) is 1. The van der Waals surface area contributed by atoms with Crippen molar-refractivity contribution < 1.29 is 4.74 Å². The highest BCUT2D eigenvalue weighted by atomic mass is 32.2. The van der Waals surface area contributed by atoms with Crippen molar-refractivity contribution in [1.29, 1.82) is 0 Å². The standard InChI is InChI=1S/C26H50OS2/c1-3-5-7-9-11-13-15-17-25-23(19-21-28-25)27-24-20-22-29-26(24)18-16-14-12-10-8-6-4-2/h23-26H,3-22H2,1-2H3. The predicted octanol–water partition coefficient (Wildman–Crippen LogP) is 9.03. The highest BCUT2D eigenvalue weighted by molar-refractivity contribution is 8.00. The number of hydrogen-bond donors (Lipinski definition) is 0. The maximum Gasteiger partial charge on any atom is 0.0705 e. The molecular weight excluding hydrogens is 392 g/mol. The van der Waals surface area contributed by atoms with Crippen molar-refractivity contribution in [1.82, 2.24) is 0 Å². The van der Waals surface area contributed by atoms with Crippen LogP contribution >= 0.6 is 23.5 Å². The molecule has 2 aliphatic rings. The molecule has 3 heteroatoms. The minimum atomic E-state index is 0.556. The van der Waals surface area contributed by atoms with Crippen molar-refractivity contribution in [2.24, 2.45) is 0 Å². The van der Waals surface area contributed by atoms with Gasteiger partial charge >= 0.3 is 0 Å². The van der Waals surface area contributed by atoms with Crippen LogP contribution in [0, 0.1) is 0 Å². The Morgan fingerprint density at radius 2 is 0.931 bits per heavy atom. The Hall–Kier alpha value is 0.660. The molecular formula is C26H50OS2. The van der Waals surface area contributed by atoms with Gasteiger partial charge in [0.2, 0.25) is 0 Å². The zero-order chi connectivity index (χ0) is 20.6. The summed E-state index contributed by atoms with van der Waals surface area (Å²) in [6, 6.07) is 0. The van der Waals surface area contributed by atoms with Gasteiger partial charge in [0.15, 0.2) is 0 Å². The number of hydrogen-bond acceptors (Lipinski definition) is 3. The van der Waals surface area contributed by atoms with E-state index in [1.165, 1.54) is 127 Å². The lowest BCUT2D eigenvalue weighted by atomic mass is 10.0. The fraction of sp³-hybridized carbons (Fsp3) is 1.00. The van der Waals surface area contributed by atoms with Crippen LogP contribution in [0.25, 0.3) is 0 Å². The molecule has 0 aromatic rings. The molecule has 0 aromatic carbocycles. The van der Waals surface area contributed by atoms with Crippen molar-refractivity contribution >= 4 is 23.5 Å². The minimum Gasteiger partial charge on any atom is -0.373 e. The third-order valence-electron chi connectivity index (χ3n) is 6.83. The van der Waals surface area contributed by atoms with Crippen LogP contribution in [0.15, 0.2) is 0 Å². The van der Waals surface area contributed by atoms with E-state index >= 15 is 0 Å². The first kappa shape index (κ1) is 25.9. The molecule has 2 fully saturated rings. The second-order valence-electron chi connectivity index (χ2n) is 9.43. The van der Waals surface area contributed by atoms with Crippen LogP contribution < -0.4 is 0 Å². The van der Waals surface area contributed by atoms with Crippen LogP contribution in [0.4, 0.5) is 0 Å². The van der Waals surface area contributed by atoms with Gasteiger partial charge in [-0.3, -0.25) is 0 Å². The molecule has 4 atom stereocenters. The van der Waals surface area contributed by atoms with E-state index in [1.54, 1.807) is 0 Å². The molecule has 0 radical (unpaired) electrons. The van der Waals surface area contributed by atoms with E-state index < -0.39 is 0 Å². The number of rotatable bonds is 18. The highest BCUT2D eigenvalue weighted by Gasteiger charge is 2.35. The first-order chi connectivity index (χ1) is 14.3. The van der Waals surface area contributed by atoms with Crippen LogP contribution in [0.2, 0.25) is 0 Å². The third kappa shape index (κ3) is 11.2. The van der Waals surface area contributed by atoms with E-state index in [2.05, 4.69) is 37.4 Å². The van der Waals surface area contributed by atoms with Crippen LogP contribution in [-0.2, 0) is 4.74 Å². The normalized spacial score (nSPS) is 27.1. The van der Waals surface area contributed by atoms with Crippen LogP contribution in [0.3, 0.4) is 0 Å². The monoisotopic (exact) mass is 442 g/mol. The van der Waals surface area contributed by atoms with Crippen LogP contribution in [0.1, 0.15) is 129 Å². The van der Waals surface area contributed by atoms with Gasteiger partial charge in [0, 0.05) is 10.5 Å². The minimum absolute atomic E-state index is 0.556. The van der Waals surface area contributed by atoms with Crippen molar-refractivity contribution in [2.75, 3.05) is 11.5 Å². The Balaban J connectivity index is 1.56. The zero-order valence-corrected chi connectivity index (χ0v) is 21.3. The topological polar surface area (TPSA) is 9.23 Å². The van der Waals surface area contributed by atoms with Gasteiger partial charge in [0.25, 0.3) is 0 Å².